The van der Waals surface area contributed by atoms with Crippen molar-refractivity contribution in [2.75, 3.05) is 31.1 Å². The smallest absolute Gasteiger partial charge is 0.310 e. The molecule has 35 heavy (non-hydrogen) atoms. The fourth-order valence-electron chi connectivity index (χ4n) is 4.59. The monoisotopic (exact) mass is 516 g/mol. The number of thioether (sulfide) groups is 1. The van der Waals surface area contributed by atoms with Gasteiger partial charge in [-0.05, 0) is 51.2 Å². The molecule has 0 N–H and O–H groups in total. The molecule has 2 aliphatic rings. The summed E-state index contributed by atoms with van der Waals surface area (Å²) >= 11 is 6.67. The molecule has 1 aromatic heterocycles. The first kappa shape index (κ1) is 27.0. The summed E-state index contributed by atoms with van der Waals surface area (Å²) in [7, 11) is 0. The van der Waals surface area contributed by atoms with Crippen molar-refractivity contribution in [2.45, 2.75) is 59.9 Å². The zero-order chi connectivity index (χ0) is 25.7. The van der Waals surface area contributed by atoms with Crippen molar-refractivity contribution in [1.82, 2.24) is 9.47 Å². The van der Waals surface area contributed by atoms with Crippen LogP contribution in [-0.4, -0.2) is 51.9 Å². The van der Waals surface area contributed by atoms with E-state index in [2.05, 4.69) is 6.07 Å². The lowest BCUT2D eigenvalue weighted by Gasteiger charge is -2.36. The Labute approximate surface area is 215 Å². The number of carbonyl (C=O) groups is 2. The summed E-state index contributed by atoms with van der Waals surface area (Å²) in [6.07, 6.45) is 4.72. The van der Waals surface area contributed by atoms with Gasteiger partial charge in [-0.3, -0.25) is 23.9 Å². The highest BCUT2D eigenvalue weighted by atomic mass is 32.2. The minimum Gasteiger partial charge on any atom is -0.466 e. The van der Waals surface area contributed by atoms with E-state index in [-0.39, 0.29) is 28.9 Å². The Hall–Kier alpha value is -2.64. The summed E-state index contributed by atoms with van der Waals surface area (Å²) in [5.74, 6) is -0.0699. The number of hydrogen-bond donors (Lipinski definition) is 0. The minimum absolute atomic E-state index is 0.0661. The van der Waals surface area contributed by atoms with E-state index >= 15 is 0 Å². The van der Waals surface area contributed by atoms with E-state index in [0.29, 0.717) is 71.8 Å². The molecular weight excluding hydrogens is 484 g/mol. The SMILES string of the molecule is CCCN1C(=O)C(=Cc2c(C)c(C#N)c(=O)n(CCC)c2N2CCCC(C(=O)OCC)C2)SC1=S. The summed E-state index contributed by atoms with van der Waals surface area (Å²) < 4.78 is 7.40. The molecule has 3 rings (SSSR count). The van der Waals surface area contributed by atoms with Gasteiger partial charge in [0, 0.05) is 31.7 Å². The van der Waals surface area contributed by atoms with Gasteiger partial charge in [-0.2, -0.15) is 5.26 Å². The lowest BCUT2D eigenvalue weighted by molar-refractivity contribution is -0.148. The molecule has 0 saturated carbocycles. The van der Waals surface area contributed by atoms with Gasteiger partial charge in [0.2, 0.25) is 0 Å². The Bertz CT molecular complexity index is 1150. The lowest BCUT2D eigenvalue weighted by atomic mass is 9.96. The number of hydrogen-bond acceptors (Lipinski definition) is 8. The highest BCUT2D eigenvalue weighted by Crippen LogP contribution is 2.37. The van der Waals surface area contributed by atoms with Crippen molar-refractivity contribution in [2.24, 2.45) is 5.92 Å². The summed E-state index contributed by atoms with van der Waals surface area (Å²) in [6, 6.07) is 2.07. The second-order valence-electron chi connectivity index (χ2n) is 8.68. The molecule has 8 nitrogen and oxygen atoms in total. The number of amides is 1. The van der Waals surface area contributed by atoms with Gasteiger partial charge in [0.1, 0.15) is 21.8 Å². The van der Waals surface area contributed by atoms with Gasteiger partial charge in [-0.25, -0.2) is 0 Å². The van der Waals surface area contributed by atoms with Crippen LogP contribution in [0.25, 0.3) is 6.08 Å². The van der Waals surface area contributed by atoms with E-state index in [4.69, 9.17) is 17.0 Å². The van der Waals surface area contributed by atoms with Crippen LogP contribution in [0.1, 0.15) is 63.1 Å². The standard InChI is InChI=1S/C25H32N4O4S2/c1-5-10-28-21(27-12-8-9-17(15-27)24(32)33-7-3)18(16(4)19(14-26)22(28)30)13-20-23(31)29(11-6-2)25(34)35-20/h13,17H,5-12,15H2,1-4H3. The Balaban J connectivity index is 2.20. The Morgan fingerprint density at radius 2 is 1.97 bits per heavy atom. The molecule has 0 bridgehead atoms. The third kappa shape index (κ3) is 5.46. The van der Waals surface area contributed by atoms with Crippen LogP contribution < -0.4 is 10.5 Å². The number of ether oxygens (including phenoxy) is 1. The number of rotatable bonds is 8. The highest BCUT2D eigenvalue weighted by molar-refractivity contribution is 8.26. The molecule has 0 spiro atoms. The average molecular weight is 517 g/mol. The number of piperidine rings is 1. The first-order chi connectivity index (χ1) is 16.8. The van der Waals surface area contributed by atoms with Crippen LogP contribution in [0.5, 0.6) is 0 Å². The van der Waals surface area contributed by atoms with E-state index in [9.17, 15) is 19.6 Å². The van der Waals surface area contributed by atoms with Gasteiger partial charge >= 0.3 is 5.97 Å². The first-order valence-corrected chi connectivity index (χ1v) is 13.4. The fourth-order valence-corrected chi connectivity index (χ4v) is 5.88. The van der Waals surface area contributed by atoms with Crippen molar-refractivity contribution >= 4 is 52.1 Å². The second kappa shape index (κ2) is 11.9. The predicted octanol–water partition coefficient (Wildman–Crippen LogP) is 3.83. The van der Waals surface area contributed by atoms with Gasteiger partial charge in [0.15, 0.2) is 0 Å². The summed E-state index contributed by atoms with van der Waals surface area (Å²) in [5.41, 5.74) is 0.891. The topological polar surface area (TPSA) is 95.6 Å². The molecule has 188 valence electrons. The fraction of sp³-hybridized carbons (Fsp3) is 0.560. The molecule has 0 aromatic carbocycles. The van der Waals surface area contributed by atoms with Crippen molar-refractivity contribution < 1.29 is 14.3 Å². The molecule has 0 aliphatic carbocycles. The van der Waals surface area contributed by atoms with Gasteiger partial charge in [-0.15, -0.1) is 0 Å². The lowest BCUT2D eigenvalue weighted by Crippen LogP contribution is -2.43. The summed E-state index contributed by atoms with van der Waals surface area (Å²) in [4.78, 5) is 43.0. The zero-order valence-corrected chi connectivity index (χ0v) is 22.4. The maximum absolute atomic E-state index is 13.3. The average Bonchev–Trinajstić information content (AvgIpc) is 3.10. The van der Waals surface area contributed by atoms with Crippen LogP contribution in [-0.2, 0) is 20.9 Å². The summed E-state index contributed by atoms with van der Waals surface area (Å²) in [5, 5.41) is 9.80. The molecular formula is C25H32N4O4S2. The molecule has 2 aliphatic heterocycles. The number of carbonyl (C=O) groups excluding carboxylic acids is 2. The maximum Gasteiger partial charge on any atom is 0.310 e. The molecule has 10 heteroatoms. The van der Waals surface area contributed by atoms with Crippen molar-refractivity contribution in [3.05, 3.63) is 31.9 Å². The van der Waals surface area contributed by atoms with E-state index in [1.54, 1.807) is 29.4 Å². The molecule has 1 aromatic rings. The first-order valence-electron chi connectivity index (χ1n) is 12.1. The third-order valence-electron chi connectivity index (χ3n) is 6.23. The molecule has 1 amide bonds. The predicted molar refractivity (Wildman–Crippen MR) is 142 cm³/mol. The van der Waals surface area contributed by atoms with Crippen LogP contribution in [0.2, 0.25) is 0 Å². The number of esters is 1. The van der Waals surface area contributed by atoms with Crippen molar-refractivity contribution in [3.63, 3.8) is 0 Å². The van der Waals surface area contributed by atoms with E-state index in [1.165, 1.54) is 11.8 Å². The summed E-state index contributed by atoms with van der Waals surface area (Å²) in [6.45, 7) is 9.82. The Morgan fingerprint density at radius 1 is 1.26 bits per heavy atom. The minimum atomic E-state index is -0.351. The molecule has 3 heterocycles. The number of nitrogens with zero attached hydrogens (tertiary/aromatic N) is 4. The van der Waals surface area contributed by atoms with Gasteiger partial charge in [-0.1, -0.05) is 37.8 Å². The van der Waals surface area contributed by atoms with E-state index < -0.39 is 0 Å². The number of anilines is 1. The van der Waals surface area contributed by atoms with Crippen LogP contribution in [0.3, 0.4) is 0 Å². The van der Waals surface area contributed by atoms with Gasteiger partial charge < -0.3 is 9.64 Å². The van der Waals surface area contributed by atoms with Gasteiger partial charge in [0.05, 0.1) is 17.4 Å². The van der Waals surface area contributed by atoms with E-state index in [0.717, 1.165) is 12.8 Å². The van der Waals surface area contributed by atoms with Crippen LogP contribution >= 0.6 is 24.0 Å². The molecule has 2 fully saturated rings. The number of thiocarbonyl (C=S) groups is 1. The van der Waals surface area contributed by atoms with Crippen molar-refractivity contribution in [1.29, 1.82) is 5.26 Å². The number of aromatic nitrogens is 1. The molecule has 2 saturated heterocycles. The normalized spacial score (nSPS) is 19.4. The molecule has 1 atom stereocenters. The third-order valence-corrected chi connectivity index (χ3v) is 7.61. The van der Waals surface area contributed by atoms with E-state index in [1.807, 2.05) is 18.7 Å². The molecule has 1 unspecified atom stereocenters. The Kier molecular flexibility index (Phi) is 9.14. The number of pyridine rings is 1. The second-order valence-corrected chi connectivity index (χ2v) is 10.4. The van der Waals surface area contributed by atoms with Crippen LogP contribution in [0.15, 0.2) is 9.70 Å². The number of nitriles is 1. The molecule has 0 radical (unpaired) electrons. The zero-order valence-electron chi connectivity index (χ0n) is 20.8. The highest BCUT2D eigenvalue weighted by Gasteiger charge is 2.34. The quantitative estimate of drug-likeness (QED) is 0.292. The van der Waals surface area contributed by atoms with Crippen molar-refractivity contribution in [3.8, 4) is 6.07 Å². The maximum atomic E-state index is 13.3. The van der Waals surface area contributed by atoms with Gasteiger partial charge in [0.25, 0.3) is 11.5 Å². The Morgan fingerprint density at radius 3 is 2.60 bits per heavy atom. The largest absolute Gasteiger partial charge is 0.466 e. The van der Waals surface area contributed by atoms with Crippen LogP contribution in [0.4, 0.5) is 5.82 Å². The van der Waals surface area contributed by atoms with Crippen LogP contribution in [0, 0.1) is 24.2 Å².